The Kier molecular flexibility index (Phi) is 4.45. The van der Waals surface area contributed by atoms with E-state index in [4.69, 9.17) is 0 Å². The first-order chi connectivity index (χ1) is 9.23. The molecule has 2 aliphatic carbocycles. The molecule has 0 radical (unpaired) electrons. The molecule has 1 aliphatic heterocycles. The molecular weight excluding hydrogens is 236 g/mol. The van der Waals surface area contributed by atoms with E-state index in [0.717, 1.165) is 31.3 Å². The van der Waals surface area contributed by atoms with E-state index in [9.17, 15) is 5.11 Å². The van der Waals surface area contributed by atoms with Gasteiger partial charge in [0.05, 0.1) is 5.60 Å². The van der Waals surface area contributed by atoms with Crippen molar-refractivity contribution in [2.45, 2.75) is 69.4 Å². The number of likely N-dealkylation sites (tertiary alicyclic amines) is 1. The van der Waals surface area contributed by atoms with Crippen LogP contribution in [0, 0.1) is 5.92 Å². The van der Waals surface area contributed by atoms with Crippen LogP contribution < -0.4 is 5.32 Å². The highest BCUT2D eigenvalue weighted by Crippen LogP contribution is 2.30. The molecule has 3 fully saturated rings. The number of β-amino-alcohol motifs (C(OH)–C–C–N with tert-alkyl or cyclic N) is 1. The van der Waals surface area contributed by atoms with E-state index >= 15 is 0 Å². The Balaban J connectivity index is 1.44. The van der Waals surface area contributed by atoms with Crippen molar-refractivity contribution in [1.82, 2.24) is 10.2 Å². The second-order valence-corrected chi connectivity index (χ2v) is 7.21. The number of nitrogens with one attached hydrogen (secondary N) is 1. The highest BCUT2D eigenvalue weighted by Gasteiger charge is 2.33. The molecule has 110 valence electrons. The molecule has 3 heteroatoms. The molecule has 2 N–H and O–H groups in total. The van der Waals surface area contributed by atoms with Crippen LogP contribution in [0.15, 0.2) is 0 Å². The Labute approximate surface area is 117 Å². The third kappa shape index (κ3) is 4.17. The molecule has 3 rings (SSSR count). The summed E-state index contributed by atoms with van der Waals surface area (Å²) in [6.07, 6.45) is 11.3. The zero-order valence-corrected chi connectivity index (χ0v) is 12.2. The van der Waals surface area contributed by atoms with Crippen LogP contribution >= 0.6 is 0 Å². The molecule has 1 atom stereocenters. The molecule has 0 aromatic heterocycles. The number of rotatable bonds is 5. The smallest absolute Gasteiger partial charge is 0.0774 e. The van der Waals surface area contributed by atoms with Crippen molar-refractivity contribution in [3.05, 3.63) is 0 Å². The number of hydrogen-bond donors (Lipinski definition) is 2. The van der Waals surface area contributed by atoms with E-state index in [-0.39, 0.29) is 5.60 Å². The van der Waals surface area contributed by atoms with Gasteiger partial charge in [0, 0.05) is 19.1 Å². The monoisotopic (exact) mass is 266 g/mol. The lowest BCUT2D eigenvalue weighted by Gasteiger charge is -2.40. The molecule has 3 aliphatic rings. The van der Waals surface area contributed by atoms with E-state index in [1.54, 1.807) is 0 Å². The lowest BCUT2D eigenvalue weighted by Crippen LogP contribution is -2.49. The molecule has 0 aromatic rings. The molecule has 1 heterocycles. The molecule has 1 saturated heterocycles. The van der Waals surface area contributed by atoms with Crippen molar-refractivity contribution in [3.63, 3.8) is 0 Å². The van der Waals surface area contributed by atoms with Crippen molar-refractivity contribution in [2.24, 2.45) is 5.92 Å². The third-order valence-corrected chi connectivity index (χ3v) is 5.18. The van der Waals surface area contributed by atoms with Gasteiger partial charge < -0.3 is 15.3 Å². The van der Waals surface area contributed by atoms with Crippen LogP contribution in [0.25, 0.3) is 0 Å². The van der Waals surface area contributed by atoms with Crippen LogP contribution in [0.3, 0.4) is 0 Å². The molecule has 0 aromatic carbocycles. The van der Waals surface area contributed by atoms with Crippen LogP contribution in [0.1, 0.15) is 57.8 Å². The average Bonchev–Trinajstić information content (AvgIpc) is 3.21. The minimum absolute atomic E-state index is 0.371. The summed E-state index contributed by atoms with van der Waals surface area (Å²) in [4.78, 5) is 2.54. The lowest BCUT2D eigenvalue weighted by molar-refractivity contribution is -0.0343. The molecule has 19 heavy (non-hydrogen) atoms. The molecule has 3 nitrogen and oxygen atoms in total. The Morgan fingerprint density at radius 1 is 1.05 bits per heavy atom. The topological polar surface area (TPSA) is 35.5 Å². The van der Waals surface area contributed by atoms with Crippen LogP contribution in [0.2, 0.25) is 0 Å². The molecule has 0 bridgehead atoms. The summed E-state index contributed by atoms with van der Waals surface area (Å²) in [5.74, 6) is 0.807. The molecule has 0 amide bonds. The van der Waals surface area contributed by atoms with E-state index in [1.807, 2.05) is 0 Å². The third-order valence-electron chi connectivity index (χ3n) is 5.18. The maximum Gasteiger partial charge on any atom is 0.0774 e. The van der Waals surface area contributed by atoms with E-state index < -0.39 is 0 Å². The normalized spacial score (nSPS) is 32.4. The van der Waals surface area contributed by atoms with E-state index in [1.165, 1.54) is 64.6 Å². The number of nitrogens with zero attached hydrogens (tertiary/aromatic N) is 1. The van der Waals surface area contributed by atoms with E-state index in [2.05, 4.69) is 10.2 Å². The van der Waals surface area contributed by atoms with Crippen molar-refractivity contribution in [2.75, 3.05) is 26.2 Å². The zero-order valence-electron chi connectivity index (χ0n) is 12.2. The zero-order chi connectivity index (χ0) is 13.1. The quantitative estimate of drug-likeness (QED) is 0.800. The summed E-state index contributed by atoms with van der Waals surface area (Å²) in [7, 11) is 0. The summed E-state index contributed by atoms with van der Waals surface area (Å²) in [5, 5.41) is 14.4. The fourth-order valence-corrected chi connectivity index (χ4v) is 3.87. The summed E-state index contributed by atoms with van der Waals surface area (Å²) in [5.41, 5.74) is -0.371. The standard InChI is InChI=1S/C16H30N2O/c19-16(8-2-1-3-9-16)13-18-10-4-5-14(12-18)11-17-15-6-7-15/h14-15,17,19H,1-13H2. The predicted molar refractivity (Wildman–Crippen MR) is 78.2 cm³/mol. The van der Waals surface area contributed by atoms with Crippen LogP contribution in [0.5, 0.6) is 0 Å². The van der Waals surface area contributed by atoms with Gasteiger partial charge in [-0.05, 0) is 57.5 Å². The van der Waals surface area contributed by atoms with Crippen LogP contribution in [-0.2, 0) is 0 Å². The number of aliphatic hydroxyl groups is 1. The number of hydrogen-bond acceptors (Lipinski definition) is 3. The van der Waals surface area contributed by atoms with Crippen LogP contribution in [0.4, 0.5) is 0 Å². The molecule has 2 saturated carbocycles. The first-order valence-electron chi connectivity index (χ1n) is 8.42. The summed E-state index contributed by atoms with van der Waals surface area (Å²) < 4.78 is 0. The van der Waals surface area contributed by atoms with Gasteiger partial charge in [-0.3, -0.25) is 0 Å². The highest BCUT2D eigenvalue weighted by molar-refractivity contribution is 4.88. The van der Waals surface area contributed by atoms with Gasteiger partial charge in [-0.15, -0.1) is 0 Å². The largest absolute Gasteiger partial charge is 0.389 e. The second kappa shape index (κ2) is 6.11. The maximum absolute atomic E-state index is 10.7. The van der Waals surface area contributed by atoms with Gasteiger partial charge in [-0.2, -0.15) is 0 Å². The summed E-state index contributed by atoms with van der Waals surface area (Å²) in [6, 6.07) is 0.831. The Bertz CT molecular complexity index is 284. The van der Waals surface area contributed by atoms with Gasteiger partial charge in [0.15, 0.2) is 0 Å². The molecule has 1 unspecified atom stereocenters. The summed E-state index contributed by atoms with van der Waals surface area (Å²) in [6.45, 7) is 4.51. The SMILES string of the molecule is OC1(CN2CCCC(CNC3CC3)C2)CCCCC1. The van der Waals surface area contributed by atoms with Gasteiger partial charge in [0.25, 0.3) is 0 Å². The number of piperidine rings is 1. The second-order valence-electron chi connectivity index (χ2n) is 7.21. The van der Waals surface area contributed by atoms with Gasteiger partial charge in [0.2, 0.25) is 0 Å². The Morgan fingerprint density at radius 3 is 2.58 bits per heavy atom. The Morgan fingerprint density at radius 2 is 1.84 bits per heavy atom. The minimum atomic E-state index is -0.371. The van der Waals surface area contributed by atoms with Crippen LogP contribution in [-0.4, -0.2) is 47.8 Å². The van der Waals surface area contributed by atoms with E-state index in [0.29, 0.717) is 0 Å². The van der Waals surface area contributed by atoms with Crippen molar-refractivity contribution in [3.8, 4) is 0 Å². The molecular formula is C16H30N2O. The first kappa shape index (κ1) is 13.8. The minimum Gasteiger partial charge on any atom is -0.389 e. The maximum atomic E-state index is 10.7. The van der Waals surface area contributed by atoms with Gasteiger partial charge in [-0.1, -0.05) is 19.3 Å². The summed E-state index contributed by atoms with van der Waals surface area (Å²) >= 11 is 0. The average molecular weight is 266 g/mol. The van der Waals surface area contributed by atoms with Gasteiger partial charge >= 0.3 is 0 Å². The van der Waals surface area contributed by atoms with Gasteiger partial charge in [-0.25, -0.2) is 0 Å². The predicted octanol–water partition coefficient (Wildman–Crippen LogP) is 2.15. The van der Waals surface area contributed by atoms with Crippen molar-refractivity contribution in [1.29, 1.82) is 0 Å². The first-order valence-corrected chi connectivity index (χ1v) is 8.42. The highest BCUT2D eigenvalue weighted by atomic mass is 16.3. The molecule has 0 spiro atoms. The lowest BCUT2D eigenvalue weighted by atomic mass is 9.84. The van der Waals surface area contributed by atoms with Crippen molar-refractivity contribution < 1.29 is 5.11 Å². The van der Waals surface area contributed by atoms with Gasteiger partial charge in [0.1, 0.15) is 0 Å². The van der Waals surface area contributed by atoms with Crippen molar-refractivity contribution >= 4 is 0 Å². The Hall–Kier alpha value is -0.120. The fourth-order valence-electron chi connectivity index (χ4n) is 3.87. The fraction of sp³-hybridized carbons (Fsp3) is 1.00.